The predicted molar refractivity (Wildman–Crippen MR) is 73.7 cm³/mol. The summed E-state index contributed by atoms with van der Waals surface area (Å²) in [5.74, 6) is 0. The number of carbonyl (C=O) groups excluding carboxylic acids is 1. The van der Waals surface area contributed by atoms with Crippen LogP contribution in [0.3, 0.4) is 0 Å². The molecule has 2 aromatic rings. The Morgan fingerprint density at radius 2 is 1.57 bits per heavy atom. The number of hydrogen-bond donors (Lipinski definition) is 3. The van der Waals surface area contributed by atoms with Gasteiger partial charge in [0, 0.05) is 5.69 Å². The van der Waals surface area contributed by atoms with Crippen LogP contribution in [0, 0.1) is 0 Å². The molecule has 0 radical (unpaired) electrons. The van der Waals surface area contributed by atoms with Crippen molar-refractivity contribution in [1.82, 2.24) is 5.43 Å². The largest absolute Gasteiger partial charge is 0.416 e. The van der Waals surface area contributed by atoms with Gasteiger partial charge in [-0.2, -0.15) is 13.2 Å². The third kappa shape index (κ3) is 4.41. The van der Waals surface area contributed by atoms with E-state index in [1.165, 1.54) is 12.1 Å². The molecule has 2 rings (SSSR count). The third-order valence-corrected chi connectivity index (χ3v) is 2.54. The number of hydrazine groups is 1. The Labute approximate surface area is 118 Å². The lowest BCUT2D eigenvalue weighted by molar-refractivity contribution is -0.137. The lowest BCUT2D eigenvalue weighted by atomic mass is 10.2. The monoisotopic (exact) mass is 295 g/mol. The number of urea groups is 1. The van der Waals surface area contributed by atoms with Crippen molar-refractivity contribution < 1.29 is 18.0 Å². The summed E-state index contributed by atoms with van der Waals surface area (Å²) in [6.45, 7) is 0. The van der Waals surface area contributed by atoms with Gasteiger partial charge < -0.3 is 5.32 Å². The van der Waals surface area contributed by atoms with E-state index in [0.717, 1.165) is 12.1 Å². The van der Waals surface area contributed by atoms with Crippen LogP contribution in [-0.2, 0) is 6.18 Å². The number of halogens is 3. The van der Waals surface area contributed by atoms with Crippen molar-refractivity contribution in [3.63, 3.8) is 0 Å². The zero-order valence-electron chi connectivity index (χ0n) is 10.7. The van der Waals surface area contributed by atoms with Crippen molar-refractivity contribution in [3.05, 3.63) is 60.2 Å². The van der Waals surface area contributed by atoms with Gasteiger partial charge in [0.1, 0.15) is 0 Å². The number of nitrogens with one attached hydrogen (secondary N) is 3. The van der Waals surface area contributed by atoms with Gasteiger partial charge in [0.25, 0.3) is 0 Å². The van der Waals surface area contributed by atoms with Gasteiger partial charge in [-0.1, -0.05) is 24.3 Å². The highest BCUT2D eigenvalue weighted by Crippen LogP contribution is 2.30. The van der Waals surface area contributed by atoms with E-state index in [9.17, 15) is 18.0 Å². The first-order valence-corrected chi connectivity index (χ1v) is 6.00. The molecule has 0 saturated carbocycles. The molecule has 0 aliphatic heterocycles. The number of para-hydroxylation sites is 1. The topological polar surface area (TPSA) is 53.2 Å². The molecule has 0 bridgehead atoms. The Morgan fingerprint density at radius 1 is 0.905 bits per heavy atom. The molecule has 2 amide bonds. The normalized spacial score (nSPS) is 10.8. The molecular formula is C14H12F3N3O. The fourth-order valence-corrected chi connectivity index (χ4v) is 1.59. The molecule has 0 aliphatic carbocycles. The molecule has 0 atom stereocenters. The number of carbonyl (C=O) groups is 1. The summed E-state index contributed by atoms with van der Waals surface area (Å²) in [5, 5.41) is 2.31. The van der Waals surface area contributed by atoms with Crippen LogP contribution in [0.4, 0.5) is 29.3 Å². The van der Waals surface area contributed by atoms with Crippen molar-refractivity contribution in [2.75, 3.05) is 10.7 Å². The average Bonchev–Trinajstić information content (AvgIpc) is 2.46. The summed E-state index contributed by atoms with van der Waals surface area (Å²) in [6, 6.07) is 12.5. The number of alkyl halides is 3. The summed E-state index contributed by atoms with van der Waals surface area (Å²) in [4.78, 5) is 11.6. The second-order valence-corrected chi connectivity index (χ2v) is 4.15. The van der Waals surface area contributed by atoms with Gasteiger partial charge >= 0.3 is 12.2 Å². The molecule has 0 heterocycles. The number of hydrogen-bond acceptors (Lipinski definition) is 2. The van der Waals surface area contributed by atoms with E-state index < -0.39 is 17.8 Å². The summed E-state index contributed by atoms with van der Waals surface area (Å²) in [7, 11) is 0. The van der Waals surface area contributed by atoms with Crippen molar-refractivity contribution in [3.8, 4) is 0 Å². The zero-order chi connectivity index (χ0) is 15.3. The Bertz CT molecular complexity index is 614. The molecule has 0 aromatic heterocycles. The molecule has 0 fully saturated rings. The summed E-state index contributed by atoms with van der Waals surface area (Å²) >= 11 is 0. The van der Waals surface area contributed by atoms with Gasteiger partial charge in [0.05, 0.1) is 11.3 Å². The first-order valence-electron chi connectivity index (χ1n) is 6.00. The van der Waals surface area contributed by atoms with Crippen LogP contribution in [0.5, 0.6) is 0 Å². The first kappa shape index (κ1) is 14.7. The van der Waals surface area contributed by atoms with Crippen molar-refractivity contribution >= 4 is 17.4 Å². The van der Waals surface area contributed by atoms with Crippen LogP contribution in [0.25, 0.3) is 0 Å². The first-order chi connectivity index (χ1) is 9.95. The van der Waals surface area contributed by atoms with E-state index in [-0.39, 0.29) is 5.69 Å². The second kappa shape index (κ2) is 6.17. The highest BCUT2D eigenvalue weighted by molar-refractivity contribution is 5.90. The minimum atomic E-state index is -4.45. The summed E-state index contributed by atoms with van der Waals surface area (Å²) in [5.41, 5.74) is 4.83. The highest BCUT2D eigenvalue weighted by Gasteiger charge is 2.30. The number of anilines is 2. The highest BCUT2D eigenvalue weighted by atomic mass is 19.4. The van der Waals surface area contributed by atoms with Gasteiger partial charge in [0.15, 0.2) is 0 Å². The van der Waals surface area contributed by atoms with Crippen LogP contribution < -0.4 is 16.2 Å². The molecule has 0 aliphatic rings. The van der Waals surface area contributed by atoms with Crippen molar-refractivity contribution in [2.45, 2.75) is 6.18 Å². The number of benzene rings is 2. The maximum absolute atomic E-state index is 12.5. The molecule has 3 N–H and O–H groups in total. The smallest absolute Gasteiger partial charge is 0.307 e. The fourth-order valence-electron chi connectivity index (χ4n) is 1.59. The van der Waals surface area contributed by atoms with E-state index >= 15 is 0 Å². The second-order valence-electron chi connectivity index (χ2n) is 4.15. The van der Waals surface area contributed by atoms with Crippen molar-refractivity contribution in [1.29, 1.82) is 0 Å². The van der Waals surface area contributed by atoms with Crippen LogP contribution in [-0.4, -0.2) is 6.03 Å². The number of amides is 2. The van der Waals surface area contributed by atoms with Gasteiger partial charge in [-0.3, -0.25) is 10.9 Å². The molecule has 0 spiro atoms. The predicted octanol–water partition coefficient (Wildman–Crippen LogP) is 3.85. The summed E-state index contributed by atoms with van der Waals surface area (Å²) in [6.07, 6.45) is -4.45. The fraction of sp³-hybridized carbons (Fsp3) is 0.0714. The lowest BCUT2D eigenvalue weighted by Gasteiger charge is -2.11. The Balaban J connectivity index is 1.94. The lowest BCUT2D eigenvalue weighted by Crippen LogP contribution is -2.33. The van der Waals surface area contributed by atoms with E-state index in [2.05, 4.69) is 16.2 Å². The quantitative estimate of drug-likeness (QED) is 0.753. The maximum Gasteiger partial charge on any atom is 0.416 e. The van der Waals surface area contributed by atoms with E-state index in [0.29, 0.717) is 5.69 Å². The van der Waals surface area contributed by atoms with Gasteiger partial charge in [-0.05, 0) is 30.3 Å². The molecule has 2 aromatic carbocycles. The van der Waals surface area contributed by atoms with Crippen LogP contribution in [0.2, 0.25) is 0 Å². The molecule has 7 heteroatoms. The standard InChI is InChI=1S/C14H12F3N3O/c15-14(16,17)10-5-4-8-12(9-10)18-13(21)20-19-11-6-2-1-3-7-11/h1-9,19H,(H2,18,20,21). The minimum Gasteiger partial charge on any atom is -0.307 e. The third-order valence-electron chi connectivity index (χ3n) is 2.54. The molecule has 0 unspecified atom stereocenters. The molecule has 0 saturated heterocycles. The molecule has 110 valence electrons. The minimum absolute atomic E-state index is 0.0530. The number of rotatable bonds is 3. The maximum atomic E-state index is 12.5. The van der Waals surface area contributed by atoms with Crippen LogP contribution >= 0.6 is 0 Å². The van der Waals surface area contributed by atoms with Crippen LogP contribution in [0.1, 0.15) is 5.56 Å². The van der Waals surface area contributed by atoms with Crippen molar-refractivity contribution in [2.24, 2.45) is 0 Å². The molecule has 4 nitrogen and oxygen atoms in total. The zero-order valence-corrected chi connectivity index (χ0v) is 10.7. The SMILES string of the molecule is O=C(NNc1ccccc1)Nc1cccc(C(F)(F)F)c1. The van der Waals surface area contributed by atoms with E-state index in [1.807, 2.05) is 6.07 Å². The van der Waals surface area contributed by atoms with E-state index in [1.54, 1.807) is 24.3 Å². The average molecular weight is 295 g/mol. The molecular weight excluding hydrogens is 283 g/mol. The Kier molecular flexibility index (Phi) is 4.32. The summed E-state index contributed by atoms with van der Waals surface area (Å²) < 4.78 is 37.6. The van der Waals surface area contributed by atoms with Gasteiger partial charge in [-0.15, -0.1) is 0 Å². The van der Waals surface area contributed by atoms with E-state index in [4.69, 9.17) is 0 Å². The Morgan fingerprint density at radius 3 is 2.24 bits per heavy atom. The van der Waals surface area contributed by atoms with Gasteiger partial charge in [-0.25, -0.2) is 4.79 Å². The van der Waals surface area contributed by atoms with Gasteiger partial charge in [0.2, 0.25) is 0 Å². The molecule has 21 heavy (non-hydrogen) atoms. The van der Waals surface area contributed by atoms with Crippen LogP contribution in [0.15, 0.2) is 54.6 Å². The Hall–Kier alpha value is -2.70.